The zero-order valence-electron chi connectivity index (χ0n) is 28.6. The first kappa shape index (κ1) is 33.2. The van der Waals surface area contributed by atoms with Gasteiger partial charge in [0.1, 0.15) is 12.1 Å². The first-order valence-corrected chi connectivity index (χ1v) is 16.5. The van der Waals surface area contributed by atoms with Gasteiger partial charge in [0.15, 0.2) is 23.0 Å². The molecule has 1 fully saturated rings. The fourth-order valence-corrected chi connectivity index (χ4v) is 8.83. The van der Waals surface area contributed by atoms with E-state index in [1.54, 1.807) is 12.1 Å². The zero-order valence-corrected chi connectivity index (χ0v) is 28.6. The highest BCUT2D eigenvalue weighted by Gasteiger charge is 2.58. The van der Waals surface area contributed by atoms with Crippen molar-refractivity contribution in [2.24, 2.45) is 0 Å². The number of nitrogens with one attached hydrogen (secondary N) is 1. The lowest BCUT2D eigenvalue weighted by atomic mass is 9.69. The third-order valence-electron chi connectivity index (χ3n) is 11.1. The van der Waals surface area contributed by atoms with Crippen molar-refractivity contribution in [1.82, 2.24) is 20.0 Å². The van der Waals surface area contributed by atoms with Crippen LogP contribution in [0.1, 0.15) is 63.7 Å². The van der Waals surface area contributed by atoms with Crippen LogP contribution in [-0.4, -0.2) is 107 Å². The minimum atomic E-state index is -1.20. The molecule has 1 aliphatic carbocycles. The second-order valence-electron chi connectivity index (χ2n) is 13.5. The van der Waals surface area contributed by atoms with Gasteiger partial charge in [0.25, 0.3) is 11.8 Å². The van der Waals surface area contributed by atoms with Gasteiger partial charge in [-0.05, 0) is 63.9 Å². The van der Waals surface area contributed by atoms with E-state index in [4.69, 9.17) is 9.47 Å². The molecule has 13 nitrogen and oxygen atoms in total. The summed E-state index contributed by atoms with van der Waals surface area (Å²) in [5, 5.41) is 25.2. The average Bonchev–Trinajstić information content (AvgIpc) is 3.35. The van der Waals surface area contributed by atoms with E-state index in [9.17, 15) is 34.3 Å². The highest BCUT2D eigenvalue weighted by Crippen LogP contribution is 2.53. The van der Waals surface area contributed by atoms with Crippen molar-refractivity contribution < 1.29 is 38.6 Å². The molecule has 0 aromatic heterocycles. The predicted molar refractivity (Wildman–Crippen MR) is 177 cm³/mol. The Morgan fingerprint density at radius 3 is 2.30 bits per heavy atom. The Morgan fingerprint density at radius 2 is 1.70 bits per heavy atom. The van der Waals surface area contributed by atoms with Crippen LogP contribution in [0.15, 0.2) is 52.8 Å². The standard InChI is InChI=1S/C37H37N5O8/c1-16-11-19-12-23-25(14-38)42-24(29(40(23)4)27(19)31(44)33(16)49-5)13-22-28(32(45)34(50-6)17(2)30(22)43)26(42)15-39-35(46)18(3)41-36(47)20-9-7-8-10-21(20)37(41)48/h7-11,18,23-26,29,44H,12-13,15H2,1-6H3,(H,39,46)/t18-,23-,24-,25-,26-,29-/m0/s1. The maximum absolute atomic E-state index is 14.1. The number of imide groups is 1. The summed E-state index contributed by atoms with van der Waals surface area (Å²) in [6.45, 7) is 4.61. The van der Waals surface area contributed by atoms with Crippen LogP contribution in [0.5, 0.6) is 11.5 Å². The number of hydrogen-bond donors (Lipinski definition) is 2. The SMILES string of the molecule is COC1=C(C)C(=O)C2=C(C1=O)[C@H](CNC(=O)[C@H](C)N1C(=O)c3ccccc3C1=O)N1[C@@H](C#N)[C@@H]3Cc4cc(C)c(OC)c(O)c4[C@H]([C@@H]1C2)N3C. The quantitative estimate of drug-likeness (QED) is 0.339. The van der Waals surface area contributed by atoms with Gasteiger partial charge in [0.05, 0.1) is 43.5 Å². The molecule has 50 heavy (non-hydrogen) atoms. The van der Waals surface area contributed by atoms with Crippen LogP contribution in [0.4, 0.5) is 0 Å². The van der Waals surface area contributed by atoms with Gasteiger partial charge in [-0.15, -0.1) is 0 Å². The Labute approximate surface area is 288 Å². The van der Waals surface area contributed by atoms with E-state index in [1.807, 2.05) is 24.9 Å². The van der Waals surface area contributed by atoms with Crippen molar-refractivity contribution >= 4 is 29.3 Å². The number of likely N-dealkylation sites (N-methyl/N-ethyl adjacent to an activating group) is 1. The number of benzene rings is 2. The van der Waals surface area contributed by atoms with Crippen molar-refractivity contribution in [3.8, 4) is 17.6 Å². The monoisotopic (exact) mass is 679 g/mol. The molecule has 0 radical (unpaired) electrons. The number of hydrogen-bond acceptors (Lipinski definition) is 11. The molecule has 6 atom stereocenters. The number of fused-ring (bicyclic) bond motifs is 7. The molecule has 0 unspecified atom stereocenters. The third kappa shape index (κ3) is 4.48. The van der Waals surface area contributed by atoms with Gasteiger partial charge >= 0.3 is 0 Å². The number of aryl methyl sites for hydroxylation is 1. The minimum absolute atomic E-state index is 0.0173. The van der Waals surface area contributed by atoms with Crippen molar-refractivity contribution in [1.29, 1.82) is 5.26 Å². The number of phenols is 1. The number of piperazine rings is 1. The molecule has 13 heteroatoms. The molecule has 1 saturated heterocycles. The molecule has 258 valence electrons. The summed E-state index contributed by atoms with van der Waals surface area (Å²) in [4.78, 5) is 73.1. The molecule has 2 aromatic rings. The molecular weight excluding hydrogens is 642 g/mol. The number of methoxy groups -OCH3 is 2. The first-order valence-electron chi connectivity index (χ1n) is 16.5. The fraction of sp³-hybridized carbons (Fsp3) is 0.405. The maximum Gasteiger partial charge on any atom is 0.262 e. The summed E-state index contributed by atoms with van der Waals surface area (Å²) in [5.74, 6) is -2.49. The summed E-state index contributed by atoms with van der Waals surface area (Å²) < 4.78 is 11.0. The van der Waals surface area contributed by atoms with Gasteiger partial charge in [-0.3, -0.25) is 38.7 Å². The number of carbonyl (C=O) groups excluding carboxylic acids is 5. The first-order chi connectivity index (χ1) is 23.9. The Bertz CT molecular complexity index is 1990. The van der Waals surface area contributed by atoms with Gasteiger partial charge in [-0.25, -0.2) is 0 Å². The second-order valence-corrected chi connectivity index (χ2v) is 13.5. The molecule has 0 saturated carbocycles. The number of amides is 3. The van der Waals surface area contributed by atoms with Crippen molar-refractivity contribution in [3.63, 3.8) is 0 Å². The highest BCUT2D eigenvalue weighted by molar-refractivity contribution is 6.25. The Balaban J connectivity index is 1.30. The summed E-state index contributed by atoms with van der Waals surface area (Å²) in [7, 11) is 4.68. The number of carbonyl (C=O) groups is 5. The van der Waals surface area contributed by atoms with Gasteiger partial charge in [0, 0.05) is 40.9 Å². The number of phenolic OH excluding ortho intramolecular Hbond substituents is 1. The smallest absolute Gasteiger partial charge is 0.262 e. The Morgan fingerprint density at radius 1 is 1.04 bits per heavy atom. The van der Waals surface area contributed by atoms with Crippen LogP contribution < -0.4 is 10.1 Å². The van der Waals surface area contributed by atoms with Crippen LogP contribution in [-0.2, 0) is 25.5 Å². The van der Waals surface area contributed by atoms with Gasteiger partial charge in [-0.2, -0.15) is 5.26 Å². The lowest BCUT2D eigenvalue weighted by molar-refractivity contribution is -0.126. The largest absolute Gasteiger partial charge is 0.504 e. The van der Waals surface area contributed by atoms with Crippen LogP contribution in [0, 0.1) is 18.3 Å². The van der Waals surface area contributed by atoms with E-state index < -0.39 is 53.7 Å². The van der Waals surface area contributed by atoms with E-state index in [-0.39, 0.29) is 64.1 Å². The van der Waals surface area contributed by atoms with Gasteiger partial charge in [-0.1, -0.05) is 18.2 Å². The van der Waals surface area contributed by atoms with Crippen LogP contribution in [0.3, 0.4) is 0 Å². The van der Waals surface area contributed by atoms with Crippen molar-refractivity contribution in [2.45, 2.75) is 69.9 Å². The molecule has 3 amide bonds. The molecule has 4 aliphatic heterocycles. The molecule has 7 rings (SSSR count). The number of rotatable bonds is 6. The molecule has 2 aromatic carbocycles. The van der Waals surface area contributed by atoms with Crippen molar-refractivity contribution in [3.05, 3.63) is 80.6 Å². The average molecular weight is 680 g/mol. The maximum atomic E-state index is 14.1. The van der Waals surface area contributed by atoms with E-state index in [2.05, 4.69) is 16.3 Å². The van der Waals surface area contributed by atoms with E-state index in [0.717, 1.165) is 16.0 Å². The molecule has 2 bridgehead atoms. The van der Waals surface area contributed by atoms with Crippen LogP contribution in [0.25, 0.3) is 0 Å². The molecule has 0 spiro atoms. The molecule has 5 aliphatic rings. The van der Waals surface area contributed by atoms with E-state index in [1.165, 1.54) is 40.2 Å². The van der Waals surface area contributed by atoms with Crippen LogP contribution >= 0.6 is 0 Å². The van der Waals surface area contributed by atoms with E-state index in [0.29, 0.717) is 17.7 Å². The van der Waals surface area contributed by atoms with Gasteiger partial charge in [0.2, 0.25) is 11.7 Å². The number of ketones is 2. The topological polar surface area (TPSA) is 170 Å². The number of Topliss-reactive ketones (excluding diaryl/α,β-unsaturated/α-hetero) is 2. The number of nitrogens with zero attached hydrogens (tertiary/aromatic N) is 4. The third-order valence-corrected chi connectivity index (χ3v) is 11.1. The number of aromatic hydroxyl groups is 1. The van der Waals surface area contributed by atoms with E-state index >= 15 is 0 Å². The lowest BCUT2D eigenvalue weighted by Gasteiger charge is -2.60. The normalized spacial score (nSPS) is 26.6. The predicted octanol–water partition coefficient (Wildman–Crippen LogP) is 2.13. The summed E-state index contributed by atoms with van der Waals surface area (Å²) in [6.07, 6.45) is 0.512. The summed E-state index contributed by atoms with van der Waals surface area (Å²) in [5.41, 5.74) is 3.22. The van der Waals surface area contributed by atoms with Crippen LogP contribution in [0.2, 0.25) is 0 Å². The number of ether oxygens (including phenoxy) is 2. The molecular formula is C37H37N5O8. The Hall–Kier alpha value is -5.32. The van der Waals surface area contributed by atoms with Crippen molar-refractivity contribution in [2.75, 3.05) is 27.8 Å². The summed E-state index contributed by atoms with van der Waals surface area (Å²) >= 11 is 0. The van der Waals surface area contributed by atoms with Gasteiger partial charge < -0.3 is 19.9 Å². The summed E-state index contributed by atoms with van der Waals surface area (Å²) in [6, 6.07) is 6.36. The Kier molecular flexibility index (Phi) is 7.92. The molecule has 2 N–H and O–H groups in total. The number of nitriles is 1. The highest BCUT2D eigenvalue weighted by atomic mass is 16.5. The minimum Gasteiger partial charge on any atom is -0.504 e. The fourth-order valence-electron chi connectivity index (χ4n) is 8.83. The second kappa shape index (κ2) is 11.9. The molecule has 4 heterocycles. The zero-order chi connectivity index (χ0) is 35.9. The number of allylic oxidation sites excluding steroid dienone is 2. The lowest BCUT2D eigenvalue weighted by Crippen LogP contribution is -2.71.